The molecule has 2 heterocycles. The third-order valence-corrected chi connectivity index (χ3v) is 6.60. The fourth-order valence-electron chi connectivity index (χ4n) is 3.42. The molecule has 0 N–H and O–H groups in total. The Bertz CT molecular complexity index is 777. The number of benzene rings is 1. The fourth-order valence-corrected chi connectivity index (χ4v) is 4.90. The van der Waals surface area contributed by atoms with E-state index in [0.29, 0.717) is 23.0 Å². The summed E-state index contributed by atoms with van der Waals surface area (Å²) >= 11 is 7.88. The van der Waals surface area contributed by atoms with Crippen molar-refractivity contribution in [3.63, 3.8) is 0 Å². The first-order valence-electron chi connectivity index (χ1n) is 8.81. The zero-order valence-corrected chi connectivity index (χ0v) is 16.2. The lowest BCUT2D eigenvalue weighted by molar-refractivity contribution is -0.136. The minimum atomic E-state index is -0.0139. The van der Waals surface area contributed by atoms with Crippen LogP contribution in [0.1, 0.15) is 36.4 Å². The van der Waals surface area contributed by atoms with Crippen LogP contribution in [0.4, 0.5) is 0 Å². The van der Waals surface area contributed by atoms with E-state index in [9.17, 15) is 9.59 Å². The van der Waals surface area contributed by atoms with E-state index in [1.807, 2.05) is 47.9 Å². The SMILES string of the molecule is CCN(CC)C(=O)C1CCN(C(=O)c2sc3ccccc3c2Cl)CC1. The van der Waals surface area contributed by atoms with Crippen molar-refractivity contribution in [1.29, 1.82) is 0 Å². The van der Waals surface area contributed by atoms with Gasteiger partial charge in [0.05, 0.1) is 5.02 Å². The second-order valence-corrected chi connectivity index (χ2v) is 7.75. The molecule has 0 radical (unpaired) electrons. The molecule has 0 saturated carbocycles. The summed E-state index contributed by atoms with van der Waals surface area (Å²) in [5.41, 5.74) is 0. The molecule has 1 aromatic carbocycles. The highest BCUT2D eigenvalue weighted by molar-refractivity contribution is 7.21. The van der Waals surface area contributed by atoms with Crippen LogP contribution < -0.4 is 0 Å². The van der Waals surface area contributed by atoms with E-state index in [1.54, 1.807) is 0 Å². The molecule has 4 nitrogen and oxygen atoms in total. The van der Waals surface area contributed by atoms with Gasteiger partial charge in [-0.2, -0.15) is 0 Å². The number of piperidine rings is 1. The smallest absolute Gasteiger partial charge is 0.265 e. The summed E-state index contributed by atoms with van der Waals surface area (Å²) in [7, 11) is 0. The van der Waals surface area contributed by atoms with E-state index in [0.717, 1.165) is 36.0 Å². The monoisotopic (exact) mass is 378 g/mol. The Hall–Kier alpha value is -1.59. The third-order valence-electron chi connectivity index (χ3n) is 4.94. The molecule has 2 amide bonds. The third kappa shape index (κ3) is 3.53. The number of fused-ring (bicyclic) bond motifs is 1. The minimum Gasteiger partial charge on any atom is -0.343 e. The van der Waals surface area contributed by atoms with Crippen molar-refractivity contribution in [3.8, 4) is 0 Å². The molecule has 1 aliphatic rings. The average molecular weight is 379 g/mol. The molecule has 0 bridgehead atoms. The Balaban J connectivity index is 1.69. The maximum atomic E-state index is 12.9. The normalized spacial score (nSPS) is 15.6. The lowest BCUT2D eigenvalue weighted by Gasteiger charge is -2.33. The lowest BCUT2D eigenvalue weighted by atomic mass is 9.95. The standard InChI is InChI=1S/C19H23ClN2O2S/c1-3-21(4-2)18(23)13-9-11-22(12-10-13)19(24)17-16(20)14-7-5-6-8-15(14)25-17/h5-8,13H,3-4,9-12H2,1-2H3. The number of nitrogens with zero attached hydrogens (tertiary/aromatic N) is 2. The molecule has 1 saturated heterocycles. The number of amides is 2. The first kappa shape index (κ1) is 18.2. The number of hydrogen-bond donors (Lipinski definition) is 0. The summed E-state index contributed by atoms with van der Waals surface area (Å²) in [5, 5.41) is 1.48. The van der Waals surface area contributed by atoms with Crippen LogP contribution in [0.25, 0.3) is 10.1 Å². The van der Waals surface area contributed by atoms with Crippen LogP contribution in [0.3, 0.4) is 0 Å². The van der Waals surface area contributed by atoms with Crippen LogP contribution in [-0.2, 0) is 4.79 Å². The molecule has 0 atom stereocenters. The first-order chi connectivity index (χ1) is 12.1. The van der Waals surface area contributed by atoms with Crippen molar-refractivity contribution in [2.45, 2.75) is 26.7 Å². The Morgan fingerprint density at radius 2 is 1.84 bits per heavy atom. The lowest BCUT2D eigenvalue weighted by Crippen LogP contribution is -2.44. The Morgan fingerprint density at radius 1 is 1.20 bits per heavy atom. The number of carbonyl (C=O) groups is 2. The van der Waals surface area contributed by atoms with Crippen LogP contribution >= 0.6 is 22.9 Å². The predicted octanol–water partition coefficient (Wildman–Crippen LogP) is 4.28. The molecule has 0 aliphatic carbocycles. The number of rotatable bonds is 4. The van der Waals surface area contributed by atoms with Crippen LogP contribution in [0.15, 0.2) is 24.3 Å². The van der Waals surface area contributed by atoms with Crippen molar-refractivity contribution >= 4 is 44.8 Å². The molecule has 6 heteroatoms. The van der Waals surface area contributed by atoms with E-state index in [4.69, 9.17) is 11.6 Å². The summed E-state index contributed by atoms with van der Waals surface area (Å²) in [6.07, 6.45) is 1.45. The van der Waals surface area contributed by atoms with Crippen molar-refractivity contribution in [3.05, 3.63) is 34.2 Å². The summed E-state index contributed by atoms with van der Waals surface area (Å²) in [6.45, 7) is 6.72. The van der Waals surface area contributed by atoms with Gasteiger partial charge in [-0.15, -0.1) is 11.3 Å². The zero-order valence-electron chi connectivity index (χ0n) is 14.6. The van der Waals surface area contributed by atoms with Gasteiger partial charge in [-0.3, -0.25) is 9.59 Å². The molecular weight excluding hydrogens is 356 g/mol. The van der Waals surface area contributed by atoms with Crippen molar-refractivity contribution < 1.29 is 9.59 Å². The molecule has 1 aliphatic heterocycles. The largest absolute Gasteiger partial charge is 0.343 e. The maximum absolute atomic E-state index is 12.9. The van der Waals surface area contributed by atoms with Gasteiger partial charge in [-0.05, 0) is 32.8 Å². The highest BCUT2D eigenvalue weighted by Crippen LogP contribution is 2.36. The Morgan fingerprint density at radius 3 is 2.44 bits per heavy atom. The van der Waals surface area contributed by atoms with E-state index in [-0.39, 0.29) is 17.7 Å². The van der Waals surface area contributed by atoms with Gasteiger partial charge in [0.15, 0.2) is 0 Å². The predicted molar refractivity (Wildman–Crippen MR) is 103 cm³/mol. The molecule has 0 unspecified atom stereocenters. The minimum absolute atomic E-state index is 0.0139. The number of likely N-dealkylation sites (tertiary alicyclic amines) is 1. The van der Waals surface area contributed by atoms with E-state index in [2.05, 4.69) is 0 Å². The average Bonchev–Trinajstić information content (AvgIpc) is 2.99. The van der Waals surface area contributed by atoms with Crippen molar-refractivity contribution in [2.24, 2.45) is 5.92 Å². The molecule has 1 fully saturated rings. The summed E-state index contributed by atoms with van der Waals surface area (Å²) in [6, 6.07) is 7.81. The highest BCUT2D eigenvalue weighted by Gasteiger charge is 2.31. The van der Waals surface area contributed by atoms with E-state index >= 15 is 0 Å². The molecule has 2 aromatic rings. The van der Waals surface area contributed by atoms with Crippen molar-refractivity contribution in [1.82, 2.24) is 9.80 Å². The Kier molecular flexibility index (Phi) is 5.64. The van der Waals surface area contributed by atoms with Crippen LogP contribution in [0, 0.1) is 5.92 Å². The van der Waals surface area contributed by atoms with Gasteiger partial charge in [0, 0.05) is 42.2 Å². The number of hydrogen-bond acceptors (Lipinski definition) is 3. The van der Waals surface area contributed by atoms with Gasteiger partial charge in [0.1, 0.15) is 4.88 Å². The summed E-state index contributed by atoms with van der Waals surface area (Å²) in [5.74, 6) is 0.235. The van der Waals surface area contributed by atoms with Gasteiger partial charge in [0.2, 0.25) is 5.91 Å². The van der Waals surface area contributed by atoms with Crippen LogP contribution in [0.2, 0.25) is 5.02 Å². The quantitative estimate of drug-likeness (QED) is 0.796. The first-order valence-corrected chi connectivity index (χ1v) is 10.0. The van der Waals surface area contributed by atoms with E-state index in [1.165, 1.54) is 11.3 Å². The molecular formula is C19H23ClN2O2S. The number of thiophene rings is 1. The molecule has 25 heavy (non-hydrogen) atoms. The molecule has 1 aromatic heterocycles. The highest BCUT2D eigenvalue weighted by atomic mass is 35.5. The molecule has 134 valence electrons. The van der Waals surface area contributed by atoms with Crippen LogP contribution in [-0.4, -0.2) is 47.8 Å². The summed E-state index contributed by atoms with van der Waals surface area (Å²) in [4.78, 5) is 29.7. The maximum Gasteiger partial charge on any atom is 0.265 e. The Labute approximate surface area is 157 Å². The van der Waals surface area contributed by atoms with Gasteiger partial charge in [0.25, 0.3) is 5.91 Å². The van der Waals surface area contributed by atoms with Crippen molar-refractivity contribution in [2.75, 3.05) is 26.2 Å². The van der Waals surface area contributed by atoms with Crippen LogP contribution in [0.5, 0.6) is 0 Å². The summed E-state index contributed by atoms with van der Waals surface area (Å²) < 4.78 is 1.03. The second-order valence-electron chi connectivity index (χ2n) is 6.32. The molecule has 3 rings (SSSR count). The fraction of sp³-hybridized carbons (Fsp3) is 0.474. The van der Waals surface area contributed by atoms with E-state index < -0.39 is 0 Å². The number of carbonyl (C=O) groups excluding carboxylic acids is 2. The molecule has 0 spiro atoms. The second kappa shape index (κ2) is 7.75. The van der Waals surface area contributed by atoms with Gasteiger partial charge < -0.3 is 9.80 Å². The number of halogens is 1. The topological polar surface area (TPSA) is 40.6 Å². The van der Waals surface area contributed by atoms with Gasteiger partial charge >= 0.3 is 0 Å². The van der Waals surface area contributed by atoms with Gasteiger partial charge in [-0.1, -0.05) is 29.8 Å². The van der Waals surface area contributed by atoms with Gasteiger partial charge in [-0.25, -0.2) is 0 Å². The zero-order chi connectivity index (χ0) is 18.0.